The zero-order valence-electron chi connectivity index (χ0n) is 15.7. The second-order valence-electron chi connectivity index (χ2n) is 6.29. The average Bonchev–Trinajstić information content (AvgIpc) is 3.06. The first-order chi connectivity index (χ1) is 13.5. The van der Waals surface area contributed by atoms with E-state index in [1.165, 1.54) is 17.2 Å². The summed E-state index contributed by atoms with van der Waals surface area (Å²) in [5.74, 6) is -0.130. The Morgan fingerprint density at radius 2 is 2.00 bits per heavy atom. The highest BCUT2D eigenvalue weighted by Gasteiger charge is 2.20. The van der Waals surface area contributed by atoms with E-state index in [1.54, 1.807) is 24.8 Å². The van der Waals surface area contributed by atoms with Crippen LogP contribution in [0.25, 0.3) is 0 Å². The lowest BCUT2D eigenvalue weighted by Crippen LogP contribution is -2.13. The first kappa shape index (κ1) is 20.1. The van der Waals surface area contributed by atoms with Gasteiger partial charge in [-0.15, -0.1) is 16.8 Å². The van der Waals surface area contributed by atoms with Crippen LogP contribution in [0.2, 0.25) is 0 Å². The number of benzene rings is 2. The van der Waals surface area contributed by atoms with Crippen LogP contribution in [0.4, 0.5) is 8.78 Å². The molecular formula is C21H21F2N3OS. The molecule has 2 aromatic carbocycles. The molecule has 0 aliphatic heterocycles. The van der Waals surface area contributed by atoms with Gasteiger partial charge in [0.2, 0.25) is 0 Å². The SMILES string of the molecule is C=CCn1c(SCc2ccccc2C)nnc1C(C)Oc1ccc(F)cc1F. The summed E-state index contributed by atoms with van der Waals surface area (Å²) in [5, 5.41) is 9.24. The summed E-state index contributed by atoms with van der Waals surface area (Å²) >= 11 is 1.57. The van der Waals surface area contributed by atoms with E-state index < -0.39 is 17.7 Å². The van der Waals surface area contributed by atoms with Crippen molar-refractivity contribution in [2.75, 3.05) is 0 Å². The lowest BCUT2D eigenvalue weighted by Gasteiger charge is -2.16. The summed E-state index contributed by atoms with van der Waals surface area (Å²) in [5.41, 5.74) is 2.44. The Bertz CT molecular complexity index is 974. The van der Waals surface area contributed by atoms with Gasteiger partial charge >= 0.3 is 0 Å². The van der Waals surface area contributed by atoms with Gasteiger partial charge in [-0.2, -0.15) is 0 Å². The van der Waals surface area contributed by atoms with Gasteiger partial charge in [0.15, 0.2) is 28.7 Å². The van der Waals surface area contributed by atoms with Gasteiger partial charge in [0.1, 0.15) is 5.82 Å². The standard InChI is InChI=1S/C21H21F2N3OS/c1-4-11-26-20(15(3)27-19-10-9-17(22)12-18(19)23)24-25-21(26)28-13-16-8-6-5-7-14(16)2/h4-10,12,15H,1,11,13H2,2-3H3. The van der Waals surface area contributed by atoms with E-state index in [4.69, 9.17) is 4.74 Å². The third kappa shape index (κ3) is 4.59. The van der Waals surface area contributed by atoms with Crippen LogP contribution in [0.5, 0.6) is 5.75 Å². The van der Waals surface area contributed by atoms with E-state index in [2.05, 4.69) is 35.8 Å². The highest BCUT2D eigenvalue weighted by atomic mass is 32.2. The molecule has 0 aliphatic carbocycles. The molecule has 4 nitrogen and oxygen atoms in total. The summed E-state index contributed by atoms with van der Waals surface area (Å²) in [4.78, 5) is 0. The van der Waals surface area contributed by atoms with Crippen molar-refractivity contribution in [3.05, 3.63) is 83.7 Å². The van der Waals surface area contributed by atoms with E-state index >= 15 is 0 Å². The Kier molecular flexibility index (Phi) is 6.46. The zero-order chi connectivity index (χ0) is 20.1. The molecule has 28 heavy (non-hydrogen) atoms. The fraction of sp³-hybridized carbons (Fsp3) is 0.238. The summed E-state index contributed by atoms with van der Waals surface area (Å²) in [7, 11) is 0. The molecular weight excluding hydrogens is 380 g/mol. The molecule has 0 aliphatic rings. The van der Waals surface area contributed by atoms with Crippen LogP contribution >= 0.6 is 11.8 Å². The van der Waals surface area contributed by atoms with Crippen molar-refractivity contribution >= 4 is 11.8 Å². The molecule has 1 unspecified atom stereocenters. The van der Waals surface area contributed by atoms with Gasteiger partial charge in [0.25, 0.3) is 0 Å². The van der Waals surface area contributed by atoms with Crippen molar-refractivity contribution < 1.29 is 13.5 Å². The summed E-state index contributed by atoms with van der Waals surface area (Å²) in [6.07, 6.45) is 1.18. The number of ether oxygens (including phenoxy) is 1. The molecule has 0 N–H and O–H groups in total. The van der Waals surface area contributed by atoms with Gasteiger partial charge in [-0.05, 0) is 37.1 Å². The molecule has 0 amide bonds. The number of hydrogen-bond acceptors (Lipinski definition) is 4. The first-order valence-corrected chi connectivity index (χ1v) is 9.81. The minimum Gasteiger partial charge on any atom is -0.480 e. The van der Waals surface area contributed by atoms with Crippen LogP contribution in [0.1, 0.15) is 30.0 Å². The van der Waals surface area contributed by atoms with Crippen LogP contribution in [-0.2, 0) is 12.3 Å². The number of rotatable bonds is 8. The lowest BCUT2D eigenvalue weighted by molar-refractivity contribution is 0.200. The van der Waals surface area contributed by atoms with Crippen molar-refractivity contribution in [1.82, 2.24) is 14.8 Å². The normalized spacial score (nSPS) is 12.0. The van der Waals surface area contributed by atoms with E-state index in [0.29, 0.717) is 12.4 Å². The first-order valence-electron chi connectivity index (χ1n) is 8.82. The Morgan fingerprint density at radius 1 is 1.21 bits per heavy atom. The second kappa shape index (κ2) is 9.01. The van der Waals surface area contributed by atoms with Gasteiger partial charge in [0.05, 0.1) is 0 Å². The van der Waals surface area contributed by atoms with Gasteiger partial charge in [-0.25, -0.2) is 8.78 Å². The maximum absolute atomic E-state index is 13.9. The molecule has 3 rings (SSSR count). The second-order valence-corrected chi connectivity index (χ2v) is 7.23. The van der Waals surface area contributed by atoms with Crippen LogP contribution in [0, 0.1) is 18.6 Å². The number of nitrogens with zero attached hydrogens (tertiary/aromatic N) is 3. The van der Waals surface area contributed by atoms with Crippen molar-refractivity contribution in [2.45, 2.75) is 37.4 Å². The molecule has 0 saturated carbocycles. The van der Waals surface area contributed by atoms with Crippen LogP contribution in [0.3, 0.4) is 0 Å². The van der Waals surface area contributed by atoms with E-state index in [-0.39, 0.29) is 5.75 Å². The molecule has 146 valence electrons. The molecule has 1 atom stereocenters. The molecule has 0 fully saturated rings. The van der Waals surface area contributed by atoms with Gasteiger partial charge in [-0.3, -0.25) is 4.57 Å². The van der Waals surface area contributed by atoms with Gasteiger partial charge in [-0.1, -0.05) is 42.1 Å². The summed E-state index contributed by atoms with van der Waals surface area (Å²) in [6.45, 7) is 8.11. The molecule has 0 spiro atoms. The minimum atomic E-state index is -0.754. The Morgan fingerprint density at radius 3 is 2.71 bits per heavy atom. The maximum Gasteiger partial charge on any atom is 0.191 e. The van der Waals surface area contributed by atoms with E-state index in [1.807, 2.05) is 16.7 Å². The van der Waals surface area contributed by atoms with Crippen LogP contribution < -0.4 is 4.74 Å². The molecule has 7 heteroatoms. The van der Waals surface area contributed by atoms with Gasteiger partial charge in [0, 0.05) is 18.4 Å². The number of thioether (sulfide) groups is 1. The molecule has 3 aromatic rings. The van der Waals surface area contributed by atoms with Crippen LogP contribution in [-0.4, -0.2) is 14.8 Å². The molecule has 0 bridgehead atoms. The third-order valence-electron chi connectivity index (χ3n) is 4.24. The van der Waals surface area contributed by atoms with Crippen LogP contribution in [0.15, 0.2) is 60.3 Å². The Hall–Kier alpha value is -2.67. The number of hydrogen-bond donors (Lipinski definition) is 0. The van der Waals surface area contributed by atoms with Crippen molar-refractivity contribution in [3.8, 4) is 5.75 Å². The molecule has 0 saturated heterocycles. The smallest absolute Gasteiger partial charge is 0.191 e. The monoisotopic (exact) mass is 401 g/mol. The number of halogens is 2. The summed E-state index contributed by atoms with van der Waals surface area (Å²) in [6, 6.07) is 11.4. The number of allylic oxidation sites excluding steroid dienone is 1. The summed E-state index contributed by atoms with van der Waals surface area (Å²) < 4.78 is 34.5. The lowest BCUT2D eigenvalue weighted by atomic mass is 10.1. The van der Waals surface area contributed by atoms with Crippen molar-refractivity contribution in [3.63, 3.8) is 0 Å². The average molecular weight is 401 g/mol. The minimum absolute atomic E-state index is 0.0313. The Labute approximate surface area is 167 Å². The maximum atomic E-state index is 13.9. The van der Waals surface area contributed by atoms with E-state index in [0.717, 1.165) is 23.0 Å². The predicted molar refractivity (Wildman–Crippen MR) is 106 cm³/mol. The van der Waals surface area contributed by atoms with Crippen molar-refractivity contribution in [1.29, 1.82) is 0 Å². The fourth-order valence-electron chi connectivity index (χ4n) is 2.74. The quantitative estimate of drug-likeness (QED) is 0.370. The fourth-order valence-corrected chi connectivity index (χ4v) is 3.77. The van der Waals surface area contributed by atoms with Crippen molar-refractivity contribution in [2.24, 2.45) is 0 Å². The highest BCUT2D eigenvalue weighted by Crippen LogP contribution is 2.28. The topological polar surface area (TPSA) is 39.9 Å². The molecule has 0 radical (unpaired) electrons. The zero-order valence-corrected chi connectivity index (χ0v) is 16.5. The van der Waals surface area contributed by atoms with E-state index in [9.17, 15) is 8.78 Å². The molecule has 1 aromatic heterocycles. The third-order valence-corrected chi connectivity index (χ3v) is 5.25. The Balaban J connectivity index is 1.79. The highest BCUT2D eigenvalue weighted by molar-refractivity contribution is 7.98. The molecule has 1 heterocycles. The largest absolute Gasteiger partial charge is 0.480 e. The number of aromatic nitrogens is 3. The predicted octanol–water partition coefficient (Wildman–Crippen LogP) is 5.48. The van der Waals surface area contributed by atoms with Gasteiger partial charge < -0.3 is 4.74 Å². The number of aryl methyl sites for hydroxylation is 1.